The number of fused-ring (bicyclic) bond motifs is 5. The molecule has 4 rings (SSSR count). The Bertz CT molecular complexity index is 746. The summed E-state index contributed by atoms with van der Waals surface area (Å²) in [4.78, 5) is 4.92. The minimum absolute atomic E-state index is 0.562. The number of pyridine rings is 1. The number of nitrogen functional groups attached to an aromatic ring is 1. The van der Waals surface area contributed by atoms with Crippen molar-refractivity contribution in [1.29, 1.82) is 0 Å². The van der Waals surface area contributed by atoms with Crippen molar-refractivity contribution in [1.82, 2.24) is 4.98 Å². The number of benzene rings is 1. The highest BCUT2D eigenvalue weighted by atomic mass is 35.5. The lowest BCUT2D eigenvalue weighted by Gasteiger charge is -2.40. The molecule has 1 saturated carbocycles. The molecule has 3 atom stereocenters. The first-order valence-electron chi connectivity index (χ1n) is 8.52. The van der Waals surface area contributed by atoms with Crippen LogP contribution in [-0.4, -0.2) is 18.7 Å². The number of methoxy groups -OCH3 is 1. The van der Waals surface area contributed by atoms with E-state index in [1.807, 2.05) is 18.2 Å². The standard InChI is InChI=1S/C19H23ClN2O/c1-23-5-4-11-6-12-8-13(7-11)18-17(9-12)22-16-10-14(20)2-3-15(16)19(18)21/h2-3,10-13H,4-9H2,1H3,(H2,21,22). The van der Waals surface area contributed by atoms with Crippen LogP contribution in [0, 0.1) is 11.8 Å². The lowest BCUT2D eigenvalue weighted by Crippen LogP contribution is -2.30. The van der Waals surface area contributed by atoms with Crippen LogP contribution in [0.3, 0.4) is 0 Å². The molecule has 0 saturated heterocycles. The van der Waals surface area contributed by atoms with E-state index in [4.69, 9.17) is 27.1 Å². The lowest BCUT2D eigenvalue weighted by atomic mass is 9.65. The summed E-state index contributed by atoms with van der Waals surface area (Å²) >= 11 is 6.12. The van der Waals surface area contributed by atoms with Gasteiger partial charge in [-0.1, -0.05) is 11.6 Å². The van der Waals surface area contributed by atoms with Crippen LogP contribution in [0.15, 0.2) is 18.2 Å². The molecule has 2 N–H and O–H groups in total. The quantitative estimate of drug-likeness (QED) is 0.897. The number of nitrogens with zero attached hydrogens (tertiary/aromatic N) is 1. The molecule has 3 unspecified atom stereocenters. The van der Waals surface area contributed by atoms with Crippen molar-refractivity contribution in [2.24, 2.45) is 11.8 Å². The van der Waals surface area contributed by atoms with Gasteiger partial charge in [0.2, 0.25) is 0 Å². The van der Waals surface area contributed by atoms with E-state index in [0.717, 1.165) is 52.9 Å². The maximum atomic E-state index is 6.56. The summed E-state index contributed by atoms with van der Waals surface area (Å²) in [5.41, 5.74) is 11.0. The highest BCUT2D eigenvalue weighted by Crippen LogP contribution is 2.49. The predicted octanol–water partition coefficient (Wildman–Crippen LogP) is 4.56. The zero-order valence-electron chi connectivity index (χ0n) is 13.5. The number of hydrogen-bond acceptors (Lipinski definition) is 3. The van der Waals surface area contributed by atoms with Crippen molar-refractivity contribution < 1.29 is 4.74 Å². The number of hydrogen-bond donors (Lipinski definition) is 1. The van der Waals surface area contributed by atoms with Gasteiger partial charge in [0.05, 0.1) is 5.52 Å². The molecule has 1 fully saturated rings. The van der Waals surface area contributed by atoms with Gasteiger partial charge in [-0.05, 0) is 68.1 Å². The first-order valence-corrected chi connectivity index (χ1v) is 8.90. The summed E-state index contributed by atoms with van der Waals surface area (Å²) < 4.78 is 5.28. The van der Waals surface area contributed by atoms with Gasteiger partial charge in [0.15, 0.2) is 0 Å². The molecule has 0 radical (unpaired) electrons. The van der Waals surface area contributed by atoms with Crippen molar-refractivity contribution >= 4 is 28.2 Å². The van der Waals surface area contributed by atoms with E-state index in [2.05, 4.69) is 0 Å². The van der Waals surface area contributed by atoms with Crippen LogP contribution in [-0.2, 0) is 11.2 Å². The average molecular weight is 331 g/mol. The zero-order valence-corrected chi connectivity index (χ0v) is 14.3. The molecule has 3 nitrogen and oxygen atoms in total. The van der Waals surface area contributed by atoms with Crippen LogP contribution < -0.4 is 5.73 Å². The Morgan fingerprint density at radius 1 is 1.30 bits per heavy atom. The minimum atomic E-state index is 0.562. The topological polar surface area (TPSA) is 48.1 Å². The Morgan fingerprint density at radius 2 is 2.17 bits per heavy atom. The van der Waals surface area contributed by atoms with Gasteiger partial charge < -0.3 is 10.5 Å². The Hall–Kier alpha value is -1.32. The number of anilines is 1. The van der Waals surface area contributed by atoms with Gasteiger partial charge in [-0.15, -0.1) is 0 Å². The number of halogens is 1. The van der Waals surface area contributed by atoms with Crippen LogP contribution in [0.5, 0.6) is 0 Å². The monoisotopic (exact) mass is 330 g/mol. The SMILES string of the molecule is COCCC1CC2Cc3nc4cc(Cl)ccc4c(N)c3C(C1)C2. The van der Waals surface area contributed by atoms with Gasteiger partial charge in [-0.3, -0.25) is 4.98 Å². The first kappa shape index (κ1) is 15.2. The molecule has 2 aliphatic carbocycles. The van der Waals surface area contributed by atoms with Crippen molar-refractivity contribution in [2.75, 3.05) is 19.5 Å². The third-order valence-electron chi connectivity index (χ3n) is 5.63. The third kappa shape index (κ3) is 2.70. The van der Waals surface area contributed by atoms with Crippen LogP contribution >= 0.6 is 11.6 Å². The van der Waals surface area contributed by atoms with E-state index in [9.17, 15) is 0 Å². The summed E-state index contributed by atoms with van der Waals surface area (Å²) in [5.74, 6) is 2.06. The van der Waals surface area contributed by atoms with Crippen molar-refractivity contribution in [2.45, 2.75) is 38.0 Å². The second kappa shape index (κ2) is 5.95. The van der Waals surface area contributed by atoms with E-state index in [0.29, 0.717) is 5.92 Å². The maximum absolute atomic E-state index is 6.56. The number of aromatic nitrogens is 1. The van der Waals surface area contributed by atoms with E-state index in [-0.39, 0.29) is 0 Å². The summed E-state index contributed by atoms with van der Waals surface area (Å²) in [6.07, 6.45) is 6.01. The van der Waals surface area contributed by atoms with Gasteiger partial charge in [-0.2, -0.15) is 0 Å². The predicted molar refractivity (Wildman–Crippen MR) is 94.9 cm³/mol. The lowest BCUT2D eigenvalue weighted by molar-refractivity contribution is 0.142. The van der Waals surface area contributed by atoms with Crippen LogP contribution in [0.25, 0.3) is 10.9 Å². The highest BCUT2D eigenvalue weighted by molar-refractivity contribution is 6.31. The molecule has 122 valence electrons. The van der Waals surface area contributed by atoms with Gasteiger partial charge in [0.1, 0.15) is 0 Å². The zero-order chi connectivity index (χ0) is 16.0. The second-order valence-corrected chi connectivity index (χ2v) is 7.61. The number of rotatable bonds is 3. The Morgan fingerprint density at radius 3 is 3.00 bits per heavy atom. The molecule has 0 spiro atoms. The summed E-state index contributed by atoms with van der Waals surface area (Å²) in [6, 6.07) is 5.85. The number of ether oxygens (including phenoxy) is 1. The van der Waals surface area contributed by atoms with Crippen molar-refractivity contribution in [3.63, 3.8) is 0 Å². The molecule has 0 amide bonds. The summed E-state index contributed by atoms with van der Waals surface area (Å²) in [7, 11) is 1.79. The molecule has 2 aromatic rings. The molecule has 0 aliphatic heterocycles. The molecule has 1 aromatic carbocycles. The van der Waals surface area contributed by atoms with Gasteiger partial charge in [0, 0.05) is 41.1 Å². The fraction of sp³-hybridized carbons (Fsp3) is 0.526. The summed E-state index contributed by atoms with van der Waals surface area (Å²) in [5, 5.41) is 1.77. The number of nitrogens with two attached hydrogens (primary N) is 1. The molecular weight excluding hydrogens is 308 g/mol. The Kier molecular flexibility index (Phi) is 3.94. The first-order chi connectivity index (χ1) is 11.2. The van der Waals surface area contributed by atoms with Crippen molar-refractivity contribution in [3.05, 3.63) is 34.5 Å². The smallest absolute Gasteiger partial charge is 0.0741 e. The molecule has 2 bridgehead atoms. The van der Waals surface area contributed by atoms with Gasteiger partial charge >= 0.3 is 0 Å². The van der Waals surface area contributed by atoms with Gasteiger partial charge in [0.25, 0.3) is 0 Å². The minimum Gasteiger partial charge on any atom is -0.398 e. The third-order valence-corrected chi connectivity index (χ3v) is 5.86. The second-order valence-electron chi connectivity index (χ2n) is 7.17. The van der Waals surface area contributed by atoms with E-state index in [1.165, 1.54) is 30.5 Å². The molecule has 2 aliphatic rings. The van der Waals surface area contributed by atoms with E-state index in [1.54, 1.807) is 7.11 Å². The molecule has 1 aromatic heterocycles. The van der Waals surface area contributed by atoms with Crippen LogP contribution in [0.2, 0.25) is 5.02 Å². The molecule has 23 heavy (non-hydrogen) atoms. The fourth-order valence-corrected chi connectivity index (χ4v) is 4.87. The van der Waals surface area contributed by atoms with Crippen molar-refractivity contribution in [3.8, 4) is 0 Å². The average Bonchev–Trinajstić information content (AvgIpc) is 2.52. The largest absolute Gasteiger partial charge is 0.398 e. The molecular formula is C19H23ClN2O. The fourth-order valence-electron chi connectivity index (χ4n) is 4.70. The van der Waals surface area contributed by atoms with Crippen LogP contribution in [0.4, 0.5) is 5.69 Å². The van der Waals surface area contributed by atoms with E-state index >= 15 is 0 Å². The Labute approximate surface area is 142 Å². The maximum Gasteiger partial charge on any atom is 0.0741 e. The summed E-state index contributed by atoms with van der Waals surface area (Å²) in [6.45, 7) is 0.862. The normalized spacial score (nSPS) is 26.3. The van der Waals surface area contributed by atoms with Gasteiger partial charge in [-0.25, -0.2) is 0 Å². The molecule has 4 heteroatoms. The highest BCUT2D eigenvalue weighted by Gasteiger charge is 2.37. The van der Waals surface area contributed by atoms with Crippen LogP contribution in [0.1, 0.15) is 42.9 Å². The van der Waals surface area contributed by atoms with E-state index < -0.39 is 0 Å². The Balaban J connectivity index is 1.74. The molecule has 1 heterocycles.